The van der Waals surface area contributed by atoms with E-state index >= 15 is 0 Å². The number of rotatable bonds is 13. The first kappa shape index (κ1) is 38.2. The standard InChI is InChI=1S/C21H20N2O4.C20H24N2O4/c1-14-19(23-21(27-14)16-10-6-3-7-11-16)20(26)22-17(13-18(24)25)12-15-8-4-2-5-9-15;1-13-18(22-20(26-13)15-10-6-3-7-11-15)19(25)21-16(12-17(23)24)14-8-4-2-5-9-14/h2-11,17H,12-13H2,1H3,(H,22,26)(H,24,25);3,6-7,10-11,14,16H,2,4-5,8-9,12H2,1H3,(H,21,25)(H,23,24). The molecule has 2 unspecified atom stereocenters. The van der Waals surface area contributed by atoms with Crippen LogP contribution < -0.4 is 10.6 Å². The lowest BCUT2D eigenvalue weighted by molar-refractivity contribution is -0.138. The number of hydrogen-bond acceptors (Lipinski definition) is 8. The second-order valence-corrected chi connectivity index (χ2v) is 13.1. The molecule has 53 heavy (non-hydrogen) atoms. The van der Waals surface area contributed by atoms with Gasteiger partial charge in [-0.1, -0.05) is 86.0 Å². The molecule has 0 spiro atoms. The minimum absolute atomic E-state index is 0.0706. The van der Waals surface area contributed by atoms with Gasteiger partial charge in [0.2, 0.25) is 11.8 Å². The quantitative estimate of drug-likeness (QED) is 0.0964. The molecule has 1 aliphatic carbocycles. The van der Waals surface area contributed by atoms with Gasteiger partial charge in [-0.05, 0) is 68.9 Å². The van der Waals surface area contributed by atoms with Crippen molar-refractivity contribution in [3.05, 3.63) is 119 Å². The van der Waals surface area contributed by atoms with Crippen LogP contribution in [0.15, 0.2) is 99.8 Å². The molecule has 4 N–H and O–H groups in total. The Balaban J connectivity index is 0.000000204. The fraction of sp³-hybridized carbons (Fsp3) is 0.317. The molecule has 0 saturated heterocycles. The van der Waals surface area contributed by atoms with Crippen LogP contribution >= 0.6 is 0 Å². The fourth-order valence-corrected chi connectivity index (χ4v) is 6.46. The molecule has 2 heterocycles. The van der Waals surface area contributed by atoms with E-state index in [4.69, 9.17) is 13.9 Å². The lowest BCUT2D eigenvalue weighted by atomic mass is 9.82. The molecule has 2 aromatic heterocycles. The molecule has 12 nitrogen and oxygen atoms in total. The summed E-state index contributed by atoms with van der Waals surface area (Å²) in [5.41, 5.74) is 2.90. The van der Waals surface area contributed by atoms with Gasteiger partial charge in [0.1, 0.15) is 11.5 Å². The first-order chi connectivity index (χ1) is 25.6. The Morgan fingerprint density at radius 1 is 0.660 bits per heavy atom. The van der Waals surface area contributed by atoms with Crippen molar-refractivity contribution in [3.63, 3.8) is 0 Å². The summed E-state index contributed by atoms with van der Waals surface area (Å²) in [6.45, 7) is 3.36. The lowest BCUT2D eigenvalue weighted by Gasteiger charge is -2.29. The Labute approximate surface area is 307 Å². The van der Waals surface area contributed by atoms with E-state index in [0.29, 0.717) is 29.7 Å². The van der Waals surface area contributed by atoms with Crippen molar-refractivity contribution in [2.24, 2.45) is 5.92 Å². The van der Waals surface area contributed by atoms with E-state index in [1.54, 1.807) is 13.8 Å². The van der Waals surface area contributed by atoms with Gasteiger partial charge in [-0.15, -0.1) is 0 Å². The molecule has 0 radical (unpaired) electrons. The Kier molecular flexibility index (Phi) is 13.3. The zero-order chi connectivity index (χ0) is 37.7. The average Bonchev–Trinajstić information content (AvgIpc) is 3.75. The maximum Gasteiger partial charge on any atom is 0.305 e. The summed E-state index contributed by atoms with van der Waals surface area (Å²) < 4.78 is 11.3. The van der Waals surface area contributed by atoms with Crippen LogP contribution in [0, 0.1) is 19.8 Å². The highest BCUT2D eigenvalue weighted by atomic mass is 16.4. The van der Waals surface area contributed by atoms with Crippen molar-refractivity contribution in [2.75, 3.05) is 0 Å². The highest BCUT2D eigenvalue weighted by Gasteiger charge is 2.29. The summed E-state index contributed by atoms with van der Waals surface area (Å²) in [5, 5.41) is 24.1. The van der Waals surface area contributed by atoms with Crippen molar-refractivity contribution >= 4 is 23.8 Å². The molecule has 2 atom stereocenters. The third kappa shape index (κ3) is 11.0. The summed E-state index contributed by atoms with van der Waals surface area (Å²) in [4.78, 5) is 56.4. The minimum atomic E-state index is -0.974. The monoisotopic (exact) mass is 720 g/mol. The Bertz CT molecular complexity index is 1970. The molecule has 276 valence electrons. The number of nitrogens with zero attached hydrogens (tertiary/aromatic N) is 2. The van der Waals surface area contributed by atoms with E-state index in [2.05, 4.69) is 20.6 Å². The number of oxazole rings is 2. The van der Waals surface area contributed by atoms with Crippen LogP contribution in [-0.4, -0.2) is 56.0 Å². The number of aromatic nitrogens is 2. The van der Waals surface area contributed by atoms with Crippen LogP contribution in [0.3, 0.4) is 0 Å². The predicted octanol–water partition coefficient (Wildman–Crippen LogP) is 7.27. The minimum Gasteiger partial charge on any atom is -0.481 e. The number of carboxylic acids is 2. The molecular weight excluding hydrogens is 676 g/mol. The van der Waals surface area contributed by atoms with E-state index in [1.165, 1.54) is 6.42 Å². The van der Waals surface area contributed by atoms with Gasteiger partial charge in [-0.3, -0.25) is 19.2 Å². The van der Waals surface area contributed by atoms with Gasteiger partial charge in [0.05, 0.1) is 12.8 Å². The number of nitrogens with one attached hydrogen (secondary N) is 2. The maximum atomic E-state index is 12.7. The van der Waals surface area contributed by atoms with Crippen molar-refractivity contribution in [1.29, 1.82) is 0 Å². The average molecular weight is 721 g/mol. The van der Waals surface area contributed by atoms with E-state index < -0.39 is 23.9 Å². The SMILES string of the molecule is Cc1oc(-c2ccccc2)nc1C(=O)NC(CC(=O)O)C1CCCCC1.Cc1oc(-c2ccccc2)nc1C(=O)NC(CC(=O)O)Cc1ccccc1. The van der Waals surface area contributed by atoms with Gasteiger partial charge < -0.3 is 29.7 Å². The van der Waals surface area contributed by atoms with Gasteiger partial charge in [0, 0.05) is 23.2 Å². The van der Waals surface area contributed by atoms with E-state index in [1.807, 2.05) is 91.0 Å². The summed E-state index contributed by atoms with van der Waals surface area (Å²) in [5.74, 6) is -0.924. The molecule has 6 rings (SSSR count). The number of aliphatic carboxylic acids is 2. The Morgan fingerprint density at radius 2 is 1.11 bits per heavy atom. The lowest BCUT2D eigenvalue weighted by Crippen LogP contribution is -2.42. The van der Waals surface area contributed by atoms with Crippen LogP contribution in [0.4, 0.5) is 0 Å². The summed E-state index contributed by atoms with van der Waals surface area (Å²) in [6, 6.07) is 27.2. The zero-order valence-corrected chi connectivity index (χ0v) is 29.8. The van der Waals surface area contributed by atoms with E-state index in [0.717, 1.165) is 42.4 Å². The Hall–Kier alpha value is -6.04. The molecule has 3 aromatic carbocycles. The molecule has 0 bridgehead atoms. The second kappa shape index (κ2) is 18.5. The second-order valence-electron chi connectivity index (χ2n) is 13.1. The van der Waals surface area contributed by atoms with Crippen LogP contribution in [0.5, 0.6) is 0 Å². The normalized spacial score (nSPS) is 13.9. The van der Waals surface area contributed by atoms with Crippen LogP contribution in [0.25, 0.3) is 22.9 Å². The molecule has 1 saturated carbocycles. The van der Waals surface area contributed by atoms with E-state index in [9.17, 15) is 24.3 Å². The highest BCUT2D eigenvalue weighted by Crippen LogP contribution is 2.29. The summed E-state index contributed by atoms with van der Waals surface area (Å²) >= 11 is 0. The van der Waals surface area contributed by atoms with Crippen molar-refractivity contribution in [3.8, 4) is 22.9 Å². The maximum absolute atomic E-state index is 12.7. The number of amides is 2. The highest BCUT2D eigenvalue weighted by molar-refractivity contribution is 5.94. The number of carbonyl (C=O) groups excluding carboxylic acids is 2. The van der Waals surface area contributed by atoms with Gasteiger partial charge in [-0.2, -0.15) is 0 Å². The van der Waals surface area contributed by atoms with Crippen molar-refractivity contribution < 1.29 is 38.2 Å². The zero-order valence-electron chi connectivity index (χ0n) is 29.8. The molecule has 1 fully saturated rings. The van der Waals surface area contributed by atoms with E-state index in [-0.39, 0.29) is 42.1 Å². The van der Waals surface area contributed by atoms with Crippen molar-refractivity contribution in [1.82, 2.24) is 20.6 Å². The first-order valence-corrected chi connectivity index (χ1v) is 17.7. The van der Waals surface area contributed by atoms with Gasteiger partial charge in [-0.25, -0.2) is 9.97 Å². The van der Waals surface area contributed by atoms with Gasteiger partial charge in [0.15, 0.2) is 11.4 Å². The Morgan fingerprint density at radius 3 is 1.58 bits per heavy atom. The third-order valence-electron chi connectivity index (χ3n) is 9.08. The topological polar surface area (TPSA) is 185 Å². The van der Waals surface area contributed by atoms with Gasteiger partial charge >= 0.3 is 11.9 Å². The largest absolute Gasteiger partial charge is 0.481 e. The molecular formula is C41H44N4O8. The number of carboxylic acid groups (broad SMARTS) is 2. The van der Waals surface area contributed by atoms with Crippen LogP contribution in [0.1, 0.15) is 83.0 Å². The predicted molar refractivity (Wildman–Crippen MR) is 197 cm³/mol. The third-order valence-corrected chi connectivity index (χ3v) is 9.08. The number of hydrogen-bond donors (Lipinski definition) is 4. The van der Waals surface area contributed by atoms with Crippen LogP contribution in [-0.2, 0) is 16.0 Å². The molecule has 5 aromatic rings. The molecule has 2 amide bonds. The smallest absolute Gasteiger partial charge is 0.305 e. The number of carbonyl (C=O) groups is 4. The molecule has 0 aliphatic heterocycles. The summed E-state index contributed by atoms with van der Waals surface area (Å²) in [7, 11) is 0. The summed E-state index contributed by atoms with van der Waals surface area (Å²) in [6.07, 6.45) is 5.41. The van der Waals surface area contributed by atoms with Crippen molar-refractivity contribution in [2.45, 2.75) is 77.3 Å². The fourth-order valence-electron chi connectivity index (χ4n) is 6.46. The molecule has 12 heteroatoms. The van der Waals surface area contributed by atoms with Gasteiger partial charge in [0.25, 0.3) is 11.8 Å². The molecule has 1 aliphatic rings. The van der Waals surface area contributed by atoms with Crippen LogP contribution in [0.2, 0.25) is 0 Å². The first-order valence-electron chi connectivity index (χ1n) is 17.7. The number of aryl methyl sites for hydroxylation is 2. The number of benzene rings is 3.